The molecule has 0 atom stereocenters. The number of amides is 1. The standard InChI is InChI=1S/C20H17N3OS2/c1-25-26-18-8-4-7-16-17(10-12-22-19(16)18)20(24)23-11-9-14-5-2-3-6-15(14)13-21/h2-8,10,12H,9,11H2,1H3,(H,23,24). The second-order valence-electron chi connectivity index (χ2n) is 5.54. The molecule has 0 fully saturated rings. The fourth-order valence-electron chi connectivity index (χ4n) is 2.76. The van der Waals surface area contributed by atoms with Gasteiger partial charge in [-0.05, 0) is 36.4 Å². The molecule has 3 rings (SSSR count). The van der Waals surface area contributed by atoms with E-state index in [0.717, 1.165) is 21.4 Å². The van der Waals surface area contributed by atoms with Gasteiger partial charge in [0.05, 0.1) is 22.7 Å². The Bertz CT molecular complexity index is 982. The van der Waals surface area contributed by atoms with Gasteiger partial charge in [0, 0.05) is 23.0 Å². The highest BCUT2D eigenvalue weighted by atomic mass is 33.1. The number of nitrogens with one attached hydrogen (secondary N) is 1. The van der Waals surface area contributed by atoms with E-state index in [0.29, 0.717) is 24.1 Å². The van der Waals surface area contributed by atoms with Gasteiger partial charge in [-0.15, -0.1) is 0 Å². The summed E-state index contributed by atoms with van der Waals surface area (Å²) in [5.74, 6) is -0.127. The third-order valence-corrected chi connectivity index (χ3v) is 5.68. The first kappa shape index (κ1) is 18.3. The molecule has 1 aromatic heterocycles. The van der Waals surface area contributed by atoms with Crippen molar-refractivity contribution in [2.75, 3.05) is 12.8 Å². The van der Waals surface area contributed by atoms with Crippen molar-refractivity contribution in [3.8, 4) is 6.07 Å². The van der Waals surface area contributed by atoms with Gasteiger partial charge in [0.2, 0.25) is 0 Å². The SMILES string of the molecule is CSSc1cccc2c(C(=O)NCCc3ccccc3C#N)ccnc12. The van der Waals surface area contributed by atoms with Crippen LogP contribution in [-0.2, 0) is 6.42 Å². The lowest BCUT2D eigenvalue weighted by molar-refractivity contribution is 0.0955. The first-order valence-electron chi connectivity index (χ1n) is 8.09. The fraction of sp³-hybridized carbons (Fsp3) is 0.150. The van der Waals surface area contributed by atoms with Crippen LogP contribution in [0, 0.1) is 11.3 Å². The topological polar surface area (TPSA) is 65.8 Å². The van der Waals surface area contributed by atoms with Gasteiger partial charge in [-0.2, -0.15) is 5.26 Å². The van der Waals surface area contributed by atoms with Crippen LogP contribution in [0.1, 0.15) is 21.5 Å². The second-order valence-corrected chi connectivity index (χ2v) is 7.98. The number of pyridine rings is 1. The van der Waals surface area contributed by atoms with Crippen molar-refractivity contribution in [3.05, 3.63) is 71.4 Å². The molecular weight excluding hydrogens is 362 g/mol. The van der Waals surface area contributed by atoms with E-state index in [2.05, 4.69) is 16.4 Å². The van der Waals surface area contributed by atoms with Gasteiger partial charge in [-0.25, -0.2) is 0 Å². The molecule has 0 saturated heterocycles. The van der Waals surface area contributed by atoms with Gasteiger partial charge < -0.3 is 5.32 Å². The molecule has 130 valence electrons. The largest absolute Gasteiger partial charge is 0.352 e. The van der Waals surface area contributed by atoms with E-state index in [1.54, 1.807) is 39.9 Å². The summed E-state index contributed by atoms with van der Waals surface area (Å²) in [6, 6.07) is 17.3. The quantitative estimate of drug-likeness (QED) is 0.641. The van der Waals surface area contributed by atoms with E-state index >= 15 is 0 Å². The monoisotopic (exact) mass is 379 g/mol. The fourth-order valence-corrected chi connectivity index (χ4v) is 4.25. The number of fused-ring (bicyclic) bond motifs is 1. The molecule has 3 aromatic rings. The normalized spacial score (nSPS) is 10.5. The van der Waals surface area contributed by atoms with Gasteiger partial charge in [-0.1, -0.05) is 51.9 Å². The summed E-state index contributed by atoms with van der Waals surface area (Å²) in [5.41, 5.74) is 3.05. The Kier molecular flexibility index (Phi) is 6.16. The maximum atomic E-state index is 12.7. The number of carbonyl (C=O) groups is 1. The highest BCUT2D eigenvalue weighted by Gasteiger charge is 2.12. The number of benzene rings is 2. The van der Waals surface area contributed by atoms with Crippen LogP contribution in [-0.4, -0.2) is 23.7 Å². The summed E-state index contributed by atoms with van der Waals surface area (Å²) in [4.78, 5) is 18.1. The van der Waals surface area contributed by atoms with Crippen LogP contribution < -0.4 is 5.32 Å². The third kappa shape index (κ3) is 4.01. The zero-order valence-corrected chi connectivity index (χ0v) is 15.9. The Morgan fingerprint density at radius 3 is 2.85 bits per heavy atom. The van der Waals surface area contributed by atoms with Crippen molar-refractivity contribution >= 4 is 38.4 Å². The highest BCUT2D eigenvalue weighted by Crippen LogP contribution is 2.34. The number of hydrogen-bond donors (Lipinski definition) is 1. The molecule has 0 aliphatic heterocycles. The molecule has 0 aliphatic rings. The van der Waals surface area contributed by atoms with Crippen LogP contribution in [0.3, 0.4) is 0 Å². The molecule has 26 heavy (non-hydrogen) atoms. The summed E-state index contributed by atoms with van der Waals surface area (Å²) in [7, 11) is 3.28. The maximum Gasteiger partial charge on any atom is 0.252 e. The molecule has 0 radical (unpaired) electrons. The molecule has 0 unspecified atom stereocenters. The highest BCUT2D eigenvalue weighted by molar-refractivity contribution is 8.76. The summed E-state index contributed by atoms with van der Waals surface area (Å²) >= 11 is 0. The summed E-state index contributed by atoms with van der Waals surface area (Å²) in [6.07, 6.45) is 4.30. The summed E-state index contributed by atoms with van der Waals surface area (Å²) < 4.78 is 0. The zero-order valence-electron chi connectivity index (χ0n) is 14.2. The zero-order chi connectivity index (χ0) is 18.4. The van der Waals surface area contributed by atoms with E-state index in [4.69, 9.17) is 5.26 Å². The van der Waals surface area contributed by atoms with Crippen LogP contribution in [0.25, 0.3) is 10.9 Å². The van der Waals surface area contributed by atoms with Gasteiger partial charge in [0.15, 0.2) is 0 Å². The molecule has 0 saturated carbocycles. The first-order chi connectivity index (χ1) is 12.7. The van der Waals surface area contributed by atoms with Crippen molar-refractivity contribution < 1.29 is 4.79 Å². The number of carbonyl (C=O) groups excluding carboxylic acids is 1. The predicted octanol–water partition coefficient (Wildman–Crippen LogP) is 4.45. The molecule has 0 spiro atoms. The van der Waals surface area contributed by atoms with E-state index in [-0.39, 0.29) is 5.91 Å². The van der Waals surface area contributed by atoms with Crippen LogP contribution in [0.2, 0.25) is 0 Å². The van der Waals surface area contributed by atoms with Crippen molar-refractivity contribution in [2.45, 2.75) is 11.3 Å². The summed E-state index contributed by atoms with van der Waals surface area (Å²) in [5, 5.41) is 12.9. The van der Waals surface area contributed by atoms with Gasteiger partial charge >= 0.3 is 0 Å². The Hall–Kier alpha value is -2.49. The Balaban J connectivity index is 1.76. The van der Waals surface area contributed by atoms with Crippen LogP contribution in [0.4, 0.5) is 0 Å². The smallest absolute Gasteiger partial charge is 0.252 e. The lowest BCUT2D eigenvalue weighted by Gasteiger charge is -2.10. The minimum Gasteiger partial charge on any atom is -0.352 e. The average Bonchev–Trinajstić information content (AvgIpc) is 2.68. The average molecular weight is 380 g/mol. The number of aromatic nitrogens is 1. The van der Waals surface area contributed by atoms with Crippen LogP contribution in [0.5, 0.6) is 0 Å². The minimum absolute atomic E-state index is 0.127. The Morgan fingerprint density at radius 2 is 2.04 bits per heavy atom. The molecular formula is C20H17N3OS2. The molecule has 0 aliphatic carbocycles. The minimum atomic E-state index is -0.127. The molecule has 1 heterocycles. The van der Waals surface area contributed by atoms with Crippen molar-refractivity contribution in [1.29, 1.82) is 5.26 Å². The Morgan fingerprint density at radius 1 is 1.19 bits per heavy atom. The number of nitriles is 1. The number of para-hydroxylation sites is 1. The van der Waals surface area contributed by atoms with Crippen molar-refractivity contribution in [3.63, 3.8) is 0 Å². The number of rotatable bonds is 6. The van der Waals surface area contributed by atoms with E-state index in [1.807, 2.05) is 42.7 Å². The van der Waals surface area contributed by atoms with E-state index in [1.165, 1.54) is 0 Å². The lowest BCUT2D eigenvalue weighted by Crippen LogP contribution is -2.26. The lowest BCUT2D eigenvalue weighted by atomic mass is 10.1. The predicted molar refractivity (Wildman–Crippen MR) is 108 cm³/mol. The molecule has 4 nitrogen and oxygen atoms in total. The van der Waals surface area contributed by atoms with Crippen molar-refractivity contribution in [2.24, 2.45) is 0 Å². The maximum absolute atomic E-state index is 12.7. The molecule has 2 aromatic carbocycles. The molecule has 0 bridgehead atoms. The second kappa shape index (κ2) is 8.75. The van der Waals surface area contributed by atoms with E-state index in [9.17, 15) is 4.79 Å². The summed E-state index contributed by atoms with van der Waals surface area (Å²) in [6.45, 7) is 0.473. The molecule has 1 amide bonds. The number of hydrogen-bond acceptors (Lipinski definition) is 5. The van der Waals surface area contributed by atoms with Crippen LogP contribution >= 0.6 is 21.6 Å². The van der Waals surface area contributed by atoms with Gasteiger partial charge in [0.25, 0.3) is 5.91 Å². The van der Waals surface area contributed by atoms with E-state index < -0.39 is 0 Å². The third-order valence-electron chi connectivity index (χ3n) is 3.97. The molecule has 6 heteroatoms. The number of nitrogens with zero attached hydrogens (tertiary/aromatic N) is 2. The molecule has 1 N–H and O–H groups in total. The van der Waals surface area contributed by atoms with Crippen LogP contribution in [0.15, 0.2) is 59.6 Å². The van der Waals surface area contributed by atoms with Gasteiger partial charge in [-0.3, -0.25) is 9.78 Å². The Labute approximate surface area is 160 Å². The van der Waals surface area contributed by atoms with Crippen molar-refractivity contribution in [1.82, 2.24) is 10.3 Å². The van der Waals surface area contributed by atoms with Gasteiger partial charge in [0.1, 0.15) is 0 Å². The first-order valence-corrected chi connectivity index (χ1v) is 10.6.